The highest BCUT2D eigenvalue weighted by atomic mass is 35.5. The van der Waals surface area contributed by atoms with Gasteiger partial charge in [-0.15, -0.1) is 0 Å². The van der Waals surface area contributed by atoms with Crippen molar-refractivity contribution in [3.8, 4) is 5.75 Å². The van der Waals surface area contributed by atoms with Crippen LogP contribution < -0.4 is 19.6 Å². The average molecular weight is 671 g/mol. The Morgan fingerprint density at radius 1 is 0.935 bits per heavy atom. The molecule has 1 aromatic heterocycles. The van der Waals surface area contributed by atoms with Crippen LogP contribution in [0.3, 0.4) is 0 Å². The molecule has 0 saturated carbocycles. The van der Waals surface area contributed by atoms with Gasteiger partial charge < -0.3 is 14.2 Å². The maximum absolute atomic E-state index is 14.3. The number of benzene rings is 3. The summed E-state index contributed by atoms with van der Waals surface area (Å²) in [7, 11) is 0. The average Bonchev–Trinajstić information content (AvgIpc) is 3.34. The second-order valence-electron chi connectivity index (χ2n) is 9.89. The van der Waals surface area contributed by atoms with Crippen molar-refractivity contribution in [1.29, 1.82) is 0 Å². The Morgan fingerprint density at radius 3 is 2.17 bits per heavy atom. The molecule has 1 atom stereocenters. The Balaban J connectivity index is 1.47. The molecule has 0 fully saturated rings. The van der Waals surface area contributed by atoms with Gasteiger partial charge in [-0.1, -0.05) is 59.3 Å². The van der Waals surface area contributed by atoms with E-state index in [0.29, 0.717) is 21.9 Å². The summed E-state index contributed by atoms with van der Waals surface area (Å²) in [5, 5.41) is 0.327. The van der Waals surface area contributed by atoms with E-state index in [9.17, 15) is 27.6 Å². The van der Waals surface area contributed by atoms with Crippen molar-refractivity contribution in [3.63, 3.8) is 0 Å². The lowest BCUT2D eigenvalue weighted by Crippen LogP contribution is -2.41. The first-order valence-corrected chi connectivity index (χ1v) is 15.2. The van der Waals surface area contributed by atoms with E-state index in [1.807, 2.05) is 0 Å². The highest BCUT2D eigenvalue weighted by Crippen LogP contribution is 2.38. The molecule has 0 bridgehead atoms. The maximum Gasteiger partial charge on any atom is 0.434 e. The van der Waals surface area contributed by atoms with E-state index in [0.717, 1.165) is 21.5 Å². The largest absolute Gasteiger partial charge is 0.489 e. The summed E-state index contributed by atoms with van der Waals surface area (Å²) in [4.78, 5) is 42.0. The van der Waals surface area contributed by atoms with Crippen molar-refractivity contribution in [2.45, 2.75) is 32.7 Å². The lowest BCUT2D eigenvalue weighted by molar-refractivity contribution is -0.140. The second kappa shape index (κ2) is 13.8. The molecule has 2 heterocycles. The molecule has 0 aliphatic carbocycles. The van der Waals surface area contributed by atoms with Gasteiger partial charge in [0.15, 0.2) is 10.5 Å². The minimum atomic E-state index is -5.00. The summed E-state index contributed by atoms with van der Waals surface area (Å²) in [5.74, 6) is -1.10. The first-order chi connectivity index (χ1) is 22.0. The van der Waals surface area contributed by atoms with Crippen LogP contribution in [-0.2, 0) is 20.9 Å². The first kappa shape index (κ1) is 32.7. The third kappa shape index (κ3) is 7.08. The smallest absolute Gasteiger partial charge is 0.434 e. The molecular formula is C33H26ClF3N2O6S. The monoisotopic (exact) mass is 670 g/mol. The molecule has 238 valence electrons. The summed E-state index contributed by atoms with van der Waals surface area (Å²) in [6.45, 7) is 3.55. The van der Waals surface area contributed by atoms with Gasteiger partial charge in [-0.2, -0.15) is 13.2 Å². The molecule has 3 aromatic carbocycles. The molecule has 1 aliphatic rings. The summed E-state index contributed by atoms with van der Waals surface area (Å²) in [6, 6.07) is 18.0. The molecular weight excluding hydrogens is 645 g/mol. The normalized spacial score (nSPS) is 14.8. The summed E-state index contributed by atoms with van der Waals surface area (Å²) in [5.41, 5.74) is -0.754. The molecule has 5 rings (SSSR count). The molecule has 1 aliphatic heterocycles. The Kier molecular flexibility index (Phi) is 9.78. The van der Waals surface area contributed by atoms with Gasteiger partial charge in [-0.25, -0.2) is 14.6 Å². The fraction of sp³-hybridized carbons (Fsp3) is 0.212. The highest BCUT2D eigenvalue weighted by Gasteiger charge is 2.45. The number of halogens is 4. The molecule has 0 N–H and O–H groups in total. The number of allylic oxidation sites excluding steroid dienone is 1. The van der Waals surface area contributed by atoms with Crippen molar-refractivity contribution in [3.05, 3.63) is 131 Å². The molecule has 0 spiro atoms. The number of nitrogens with zero attached hydrogens (tertiary/aromatic N) is 2. The third-order valence-electron chi connectivity index (χ3n) is 6.83. The van der Waals surface area contributed by atoms with Crippen LogP contribution in [0.4, 0.5) is 13.2 Å². The predicted octanol–water partition coefficient (Wildman–Crippen LogP) is 5.75. The van der Waals surface area contributed by atoms with Crippen molar-refractivity contribution in [2.75, 3.05) is 13.2 Å². The van der Waals surface area contributed by atoms with Crippen molar-refractivity contribution in [1.82, 2.24) is 4.57 Å². The SMILES string of the molecule is CCOC(=O)C1=C(C(F)(F)F)N=c2s/c(=C\c3ccc(OCc4ccc(C(=O)OCC)cc4)cc3)c(=O)n2[C@@H]1c1ccc(Cl)cc1. The summed E-state index contributed by atoms with van der Waals surface area (Å²) in [6.07, 6.45) is -3.47. The number of rotatable bonds is 9. The molecule has 0 saturated heterocycles. The van der Waals surface area contributed by atoms with Crippen LogP contribution in [0.25, 0.3) is 6.08 Å². The van der Waals surface area contributed by atoms with E-state index in [1.165, 1.54) is 37.3 Å². The predicted molar refractivity (Wildman–Crippen MR) is 165 cm³/mol. The highest BCUT2D eigenvalue weighted by molar-refractivity contribution is 7.07. The lowest BCUT2D eigenvalue weighted by Gasteiger charge is -2.26. The van der Waals surface area contributed by atoms with Crippen LogP contribution in [-0.4, -0.2) is 35.9 Å². The van der Waals surface area contributed by atoms with E-state index < -0.39 is 41.0 Å². The molecule has 46 heavy (non-hydrogen) atoms. The number of esters is 2. The fourth-order valence-electron chi connectivity index (χ4n) is 4.73. The summed E-state index contributed by atoms with van der Waals surface area (Å²) >= 11 is 6.79. The van der Waals surface area contributed by atoms with E-state index >= 15 is 0 Å². The van der Waals surface area contributed by atoms with Crippen molar-refractivity contribution in [2.24, 2.45) is 4.99 Å². The van der Waals surface area contributed by atoms with Gasteiger partial charge in [0.25, 0.3) is 5.56 Å². The van der Waals surface area contributed by atoms with Crippen LogP contribution in [0.5, 0.6) is 5.75 Å². The minimum absolute atomic E-state index is 0.111. The van der Waals surface area contributed by atoms with Crippen LogP contribution in [0.15, 0.2) is 93.9 Å². The zero-order valence-corrected chi connectivity index (χ0v) is 26.0. The molecule has 4 aromatic rings. The summed E-state index contributed by atoms with van der Waals surface area (Å²) < 4.78 is 59.8. The molecule has 8 nitrogen and oxygen atoms in total. The van der Waals surface area contributed by atoms with Crippen LogP contribution in [0.1, 0.15) is 46.9 Å². The fourth-order valence-corrected chi connectivity index (χ4v) is 5.86. The third-order valence-corrected chi connectivity index (χ3v) is 8.06. The number of ether oxygens (including phenoxy) is 3. The van der Waals surface area contributed by atoms with Gasteiger partial charge in [-0.3, -0.25) is 9.36 Å². The first-order valence-electron chi connectivity index (χ1n) is 14.0. The van der Waals surface area contributed by atoms with Gasteiger partial charge in [0.1, 0.15) is 12.4 Å². The van der Waals surface area contributed by atoms with Gasteiger partial charge in [0.05, 0.1) is 34.9 Å². The Hall–Kier alpha value is -4.68. The van der Waals surface area contributed by atoms with E-state index in [2.05, 4.69) is 4.99 Å². The van der Waals surface area contributed by atoms with Crippen LogP contribution in [0, 0.1) is 0 Å². The zero-order valence-electron chi connectivity index (χ0n) is 24.5. The standard InChI is InChI=1S/C33H26ClF3N2O6S/c1-3-43-30(41)22-9-5-20(6-10-22)18-45-24-15-7-19(8-16-24)17-25-29(40)39-27(21-11-13-23(34)14-12-21)26(31(42)44-4-2)28(33(35,36)37)38-32(39)46-25/h5-17,27H,3-4,18H2,1-2H3/b25-17-/t27-/m1/s1. The zero-order chi connectivity index (χ0) is 33.0. The minimum Gasteiger partial charge on any atom is -0.489 e. The number of alkyl halides is 3. The molecule has 0 amide bonds. The number of carbonyl (C=O) groups excluding carboxylic acids is 2. The Labute approximate surface area is 269 Å². The van der Waals surface area contributed by atoms with Gasteiger partial charge in [0.2, 0.25) is 0 Å². The second-order valence-corrected chi connectivity index (χ2v) is 11.3. The van der Waals surface area contributed by atoms with Gasteiger partial charge in [0, 0.05) is 5.02 Å². The Bertz CT molecular complexity index is 1970. The quantitative estimate of drug-likeness (QED) is 0.211. The van der Waals surface area contributed by atoms with Gasteiger partial charge in [-0.05, 0) is 73.0 Å². The lowest BCUT2D eigenvalue weighted by atomic mass is 9.95. The van der Waals surface area contributed by atoms with Crippen molar-refractivity contribution < 1.29 is 37.0 Å². The topological polar surface area (TPSA) is 96.2 Å². The van der Waals surface area contributed by atoms with Crippen LogP contribution in [0.2, 0.25) is 5.02 Å². The Morgan fingerprint density at radius 2 is 1.57 bits per heavy atom. The van der Waals surface area contributed by atoms with Gasteiger partial charge >= 0.3 is 18.1 Å². The molecule has 0 unspecified atom stereocenters. The van der Waals surface area contributed by atoms with Crippen molar-refractivity contribution >= 4 is 41.0 Å². The number of hydrogen-bond acceptors (Lipinski definition) is 8. The molecule has 13 heteroatoms. The maximum atomic E-state index is 14.3. The van der Waals surface area contributed by atoms with E-state index in [-0.39, 0.29) is 34.7 Å². The number of thiazole rings is 1. The number of aromatic nitrogens is 1. The van der Waals surface area contributed by atoms with E-state index in [1.54, 1.807) is 55.5 Å². The number of hydrogen-bond donors (Lipinski definition) is 0. The van der Waals surface area contributed by atoms with E-state index in [4.69, 9.17) is 25.8 Å². The number of carbonyl (C=O) groups is 2. The molecule has 0 radical (unpaired) electrons. The van der Waals surface area contributed by atoms with Crippen LogP contribution >= 0.6 is 22.9 Å². The number of fused-ring (bicyclic) bond motifs is 1.